The lowest BCUT2D eigenvalue weighted by Gasteiger charge is -2.04. The van der Waals surface area contributed by atoms with Gasteiger partial charge in [-0.1, -0.05) is 24.3 Å². The molecule has 0 N–H and O–H groups in total. The lowest BCUT2D eigenvalue weighted by molar-refractivity contribution is -0.255. The highest BCUT2D eigenvalue weighted by Crippen LogP contribution is 2.27. The topological polar surface area (TPSA) is 70.8 Å². The molecule has 4 rings (SSSR count). The van der Waals surface area contributed by atoms with E-state index in [0.717, 1.165) is 22.1 Å². The molecule has 102 valence electrons. The van der Waals surface area contributed by atoms with Gasteiger partial charge in [0.25, 0.3) is 0 Å². The van der Waals surface area contributed by atoms with E-state index in [9.17, 15) is 9.90 Å². The van der Waals surface area contributed by atoms with Gasteiger partial charge in [-0.15, -0.1) is 0 Å². The minimum atomic E-state index is -1.21. The quantitative estimate of drug-likeness (QED) is 0.530. The van der Waals surface area contributed by atoms with Crippen molar-refractivity contribution in [3.63, 3.8) is 0 Å². The van der Waals surface area contributed by atoms with E-state index in [0.29, 0.717) is 11.0 Å². The van der Waals surface area contributed by atoms with Gasteiger partial charge in [0.2, 0.25) is 0 Å². The lowest BCUT2D eigenvalue weighted by atomic mass is 10.2. The molecule has 0 amide bonds. The summed E-state index contributed by atoms with van der Waals surface area (Å²) in [5, 5.41) is 12.0. The molecule has 0 bridgehead atoms. The predicted octanol–water partition coefficient (Wildman–Crippen LogP) is 1.64. The van der Waals surface area contributed by atoms with Crippen molar-refractivity contribution in [2.45, 2.75) is 0 Å². The zero-order valence-corrected chi connectivity index (χ0v) is 11.2. The molecule has 0 aliphatic heterocycles. The molecule has 0 radical (unpaired) electrons. The summed E-state index contributed by atoms with van der Waals surface area (Å²) in [7, 11) is 1.95. The van der Waals surface area contributed by atoms with Gasteiger partial charge in [-0.25, -0.2) is 9.97 Å². The first-order valence-corrected chi connectivity index (χ1v) is 6.51. The van der Waals surface area contributed by atoms with Crippen LogP contribution >= 0.6 is 0 Å². The normalized spacial score (nSPS) is 11.5. The number of hydrogen-bond acceptors (Lipinski definition) is 4. The van der Waals surface area contributed by atoms with Gasteiger partial charge in [-0.2, -0.15) is 0 Å². The summed E-state index contributed by atoms with van der Waals surface area (Å²) in [5.74, 6) is -1.21. The number of para-hydroxylation sites is 1. The molecule has 0 saturated heterocycles. The van der Waals surface area contributed by atoms with E-state index < -0.39 is 5.97 Å². The standard InChI is InChI=1S/C16H11N3O2/c1-19-13-5-3-2-4-10(13)14-15(19)18-11-7-6-9(16(20)21)8-12(11)17-14/h2-8H,1H3,(H,20,21)/p-1. The third-order valence-corrected chi connectivity index (χ3v) is 3.72. The summed E-state index contributed by atoms with van der Waals surface area (Å²) in [6.45, 7) is 0. The fourth-order valence-electron chi connectivity index (χ4n) is 2.67. The number of fused-ring (bicyclic) bond motifs is 4. The summed E-state index contributed by atoms with van der Waals surface area (Å²) >= 11 is 0. The van der Waals surface area contributed by atoms with E-state index in [1.807, 2.05) is 35.9 Å². The van der Waals surface area contributed by atoms with Gasteiger partial charge >= 0.3 is 0 Å². The van der Waals surface area contributed by atoms with E-state index in [1.165, 1.54) is 12.1 Å². The fraction of sp³-hybridized carbons (Fsp3) is 0.0625. The Balaban J connectivity index is 2.17. The molecule has 0 saturated carbocycles. The van der Waals surface area contributed by atoms with E-state index in [4.69, 9.17) is 0 Å². The van der Waals surface area contributed by atoms with Crippen LogP contribution in [0.3, 0.4) is 0 Å². The molecular formula is C16H10N3O2-. The Bertz CT molecular complexity index is 1030. The van der Waals surface area contributed by atoms with Crippen LogP contribution in [0.1, 0.15) is 10.4 Å². The van der Waals surface area contributed by atoms with Crippen LogP contribution in [0, 0.1) is 0 Å². The largest absolute Gasteiger partial charge is 0.545 e. The van der Waals surface area contributed by atoms with Gasteiger partial charge < -0.3 is 14.5 Å². The first kappa shape index (κ1) is 11.8. The van der Waals surface area contributed by atoms with E-state index >= 15 is 0 Å². The Labute approximate surface area is 119 Å². The Morgan fingerprint density at radius 1 is 1.10 bits per heavy atom. The maximum absolute atomic E-state index is 11.0. The molecule has 0 spiro atoms. The summed E-state index contributed by atoms with van der Waals surface area (Å²) in [4.78, 5) is 20.2. The highest BCUT2D eigenvalue weighted by Gasteiger charge is 2.11. The number of aromatic nitrogens is 3. The zero-order chi connectivity index (χ0) is 14.6. The number of carboxylic acid groups (broad SMARTS) is 1. The van der Waals surface area contributed by atoms with Crippen molar-refractivity contribution in [1.82, 2.24) is 14.5 Å². The minimum absolute atomic E-state index is 0.108. The number of carbonyl (C=O) groups excluding carboxylic acids is 1. The van der Waals surface area contributed by atoms with Crippen molar-refractivity contribution in [2.24, 2.45) is 7.05 Å². The molecular weight excluding hydrogens is 266 g/mol. The van der Waals surface area contributed by atoms with Crippen LogP contribution < -0.4 is 5.11 Å². The van der Waals surface area contributed by atoms with Crippen molar-refractivity contribution in [2.75, 3.05) is 0 Å². The number of carboxylic acids is 1. The Kier molecular flexibility index (Phi) is 2.27. The van der Waals surface area contributed by atoms with Gasteiger partial charge in [0.1, 0.15) is 5.52 Å². The highest BCUT2D eigenvalue weighted by atomic mass is 16.4. The van der Waals surface area contributed by atoms with Crippen LogP contribution in [0.4, 0.5) is 0 Å². The smallest absolute Gasteiger partial charge is 0.160 e. The second-order valence-electron chi connectivity index (χ2n) is 4.96. The summed E-state index contributed by atoms with van der Waals surface area (Å²) in [5.41, 5.74) is 3.93. The van der Waals surface area contributed by atoms with E-state index in [1.54, 1.807) is 6.07 Å². The molecule has 0 atom stereocenters. The summed E-state index contributed by atoms with van der Waals surface area (Å²) < 4.78 is 1.99. The second kappa shape index (κ2) is 4.02. The van der Waals surface area contributed by atoms with Gasteiger partial charge in [-0.3, -0.25) is 0 Å². The zero-order valence-electron chi connectivity index (χ0n) is 11.2. The molecule has 0 unspecified atom stereocenters. The minimum Gasteiger partial charge on any atom is -0.545 e. The molecule has 21 heavy (non-hydrogen) atoms. The number of hydrogen-bond donors (Lipinski definition) is 0. The Morgan fingerprint density at radius 2 is 1.90 bits per heavy atom. The van der Waals surface area contributed by atoms with Crippen LogP contribution in [0.15, 0.2) is 42.5 Å². The van der Waals surface area contributed by atoms with Crippen molar-refractivity contribution < 1.29 is 9.90 Å². The van der Waals surface area contributed by atoms with Crippen LogP contribution in [-0.2, 0) is 7.05 Å². The molecule has 4 aromatic rings. The third kappa shape index (κ3) is 1.61. The van der Waals surface area contributed by atoms with Crippen LogP contribution in [0.5, 0.6) is 0 Å². The first-order valence-electron chi connectivity index (χ1n) is 6.51. The van der Waals surface area contributed by atoms with Crippen LogP contribution in [0.25, 0.3) is 33.1 Å². The van der Waals surface area contributed by atoms with Crippen molar-refractivity contribution in [3.8, 4) is 0 Å². The van der Waals surface area contributed by atoms with Crippen LogP contribution in [-0.4, -0.2) is 20.5 Å². The Hall–Kier alpha value is -2.95. The number of carbonyl (C=O) groups is 1. The molecule has 2 heterocycles. The average molecular weight is 276 g/mol. The van der Waals surface area contributed by atoms with Gasteiger partial charge in [0.05, 0.1) is 22.5 Å². The molecule has 5 heteroatoms. The van der Waals surface area contributed by atoms with Crippen molar-refractivity contribution in [3.05, 3.63) is 48.0 Å². The SMILES string of the molecule is Cn1c2ccccc2c2nc3cc(C(=O)[O-])ccc3nc21. The lowest BCUT2D eigenvalue weighted by Crippen LogP contribution is -2.22. The molecule has 2 aromatic heterocycles. The summed E-state index contributed by atoms with van der Waals surface area (Å²) in [6.07, 6.45) is 0. The van der Waals surface area contributed by atoms with Crippen molar-refractivity contribution in [1.29, 1.82) is 0 Å². The molecule has 0 aliphatic carbocycles. The number of aryl methyl sites for hydroxylation is 1. The fourth-order valence-corrected chi connectivity index (χ4v) is 2.67. The second-order valence-corrected chi connectivity index (χ2v) is 4.96. The van der Waals surface area contributed by atoms with E-state index in [-0.39, 0.29) is 5.56 Å². The molecule has 2 aromatic carbocycles. The van der Waals surface area contributed by atoms with Crippen LogP contribution in [0.2, 0.25) is 0 Å². The molecule has 0 aliphatic rings. The molecule has 0 fully saturated rings. The number of rotatable bonds is 1. The monoisotopic (exact) mass is 276 g/mol. The number of aromatic carboxylic acids is 1. The maximum Gasteiger partial charge on any atom is 0.160 e. The van der Waals surface area contributed by atoms with Gasteiger partial charge in [0.15, 0.2) is 5.65 Å². The summed E-state index contributed by atoms with van der Waals surface area (Å²) in [6, 6.07) is 12.6. The van der Waals surface area contributed by atoms with Gasteiger partial charge in [-0.05, 0) is 23.8 Å². The first-order chi connectivity index (χ1) is 10.1. The molecule has 5 nitrogen and oxygen atoms in total. The van der Waals surface area contributed by atoms with Crippen molar-refractivity contribution >= 4 is 39.1 Å². The number of nitrogens with zero attached hydrogens (tertiary/aromatic N) is 3. The third-order valence-electron chi connectivity index (χ3n) is 3.72. The highest BCUT2D eigenvalue weighted by molar-refractivity contribution is 6.06. The average Bonchev–Trinajstić information content (AvgIpc) is 2.78. The predicted molar refractivity (Wildman–Crippen MR) is 77.9 cm³/mol. The van der Waals surface area contributed by atoms with E-state index in [2.05, 4.69) is 9.97 Å². The maximum atomic E-state index is 11.0. The Morgan fingerprint density at radius 3 is 2.71 bits per heavy atom. The van der Waals surface area contributed by atoms with Gasteiger partial charge in [0, 0.05) is 12.4 Å². The number of benzene rings is 2.